The quantitative estimate of drug-likeness (QED) is 0.528. The lowest BCUT2D eigenvalue weighted by Gasteiger charge is -2.31. The van der Waals surface area contributed by atoms with Crippen molar-refractivity contribution in [1.29, 1.82) is 0 Å². The summed E-state index contributed by atoms with van der Waals surface area (Å²) in [5.74, 6) is -0.632. The second-order valence-corrected chi connectivity index (χ2v) is 11.2. The summed E-state index contributed by atoms with van der Waals surface area (Å²) in [6, 6.07) is 21.1. The van der Waals surface area contributed by atoms with E-state index < -0.39 is 38.2 Å². The van der Waals surface area contributed by atoms with Crippen LogP contribution in [0.1, 0.15) is 22.8 Å². The summed E-state index contributed by atoms with van der Waals surface area (Å²) in [6.07, 6.45) is 0. The number of hydrogen-bond acceptors (Lipinski definition) is 6. The first-order chi connectivity index (χ1) is 14.7. The number of cyclic esters (lactones) is 1. The molecule has 3 aromatic carbocycles. The average Bonchev–Trinajstić information content (AvgIpc) is 3.04. The van der Waals surface area contributed by atoms with Gasteiger partial charge in [-0.15, -0.1) is 0 Å². The fourth-order valence-electron chi connectivity index (χ4n) is 3.52. The third-order valence-electron chi connectivity index (χ3n) is 5.08. The minimum absolute atomic E-state index is 0.185. The standard InChI is InChI=1S/C22H19NO6S2/c1-22(20-15-9-8-14-19(20)21(24)29-22)16-23(30(25,26)17-10-4-2-5-11-17)31(27,28)18-12-6-3-7-13-18/h2-15H,16H2,1H3/t22-/m1/s1. The molecule has 0 saturated heterocycles. The van der Waals surface area contributed by atoms with E-state index in [9.17, 15) is 21.6 Å². The number of esters is 1. The number of carbonyl (C=O) groups excluding carboxylic acids is 1. The summed E-state index contributed by atoms with van der Waals surface area (Å²) in [4.78, 5) is 12.0. The van der Waals surface area contributed by atoms with Gasteiger partial charge >= 0.3 is 5.97 Å². The molecule has 1 aliphatic rings. The second kappa shape index (κ2) is 7.60. The highest BCUT2D eigenvalue weighted by Crippen LogP contribution is 2.39. The zero-order chi connectivity index (χ0) is 22.3. The van der Waals surface area contributed by atoms with E-state index in [-0.39, 0.29) is 15.4 Å². The molecule has 1 atom stereocenters. The van der Waals surface area contributed by atoms with Crippen LogP contribution in [0.15, 0.2) is 94.7 Å². The fraction of sp³-hybridized carbons (Fsp3) is 0.136. The molecule has 160 valence electrons. The lowest BCUT2D eigenvalue weighted by atomic mass is 9.94. The van der Waals surface area contributed by atoms with Crippen LogP contribution in [0.4, 0.5) is 0 Å². The minimum Gasteiger partial charge on any atom is -0.449 e. The van der Waals surface area contributed by atoms with Gasteiger partial charge in [0.1, 0.15) is 0 Å². The van der Waals surface area contributed by atoms with Gasteiger partial charge < -0.3 is 4.74 Å². The number of ether oxygens (including phenoxy) is 1. The number of fused-ring (bicyclic) bond motifs is 1. The van der Waals surface area contributed by atoms with Gasteiger partial charge in [0.25, 0.3) is 20.0 Å². The molecule has 3 aromatic rings. The lowest BCUT2D eigenvalue weighted by Crippen LogP contribution is -2.45. The van der Waals surface area contributed by atoms with Gasteiger partial charge in [-0.3, -0.25) is 0 Å². The predicted molar refractivity (Wildman–Crippen MR) is 113 cm³/mol. The van der Waals surface area contributed by atoms with Gasteiger partial charge in [0.2, 0.25) is 0 Å². The Hall–Kier alpha value is -3.01. The first-order valence-electron chi connectivity index (χ1n) is 9.37. The van der Waals surface area contributed by atoms with E-state index in [1.807, 2.05) is 0 Å². The van der Waals surface area contributed by atoms with Gasteiger partial charge in [-0.25, -0.2) is 21.6 Å². The maximum absolute atomic E-state index is 13.5. The van der Waals surface area contributed by atoms with E-state index in [4.69, 9.17) is 4.74 Å². The van der Waals surface area contributed by atoms with Gasteiger partial charge in [0.15, 0.2) is 5.60 Å². The summed E-state index contributed by atoms with van der Waals surface area (Å²) in [5, 5.41) is 0. The van der Waals surface area contributed by atoms with Crippen molar-refractivity contribution in [3.8, 4) is 0 Å². The fourth-order valence-corrected chi connectivity index (χ4v) is 7.37. The van der Waals surface area contributed by atoms with Crippen molar-refractivity contribution in [3.63, 3.8) is 0 Å². The van der Waals surface area contributed by atoms with Gasteiger partial charge in [0, 0.05) is 5.56 Å². The lowest BCUT2D eigenvalue weighted by molar-refractivity contribution is -0.00172. The molecule has 0 aliphatic carbocycles. The van der Waals surface area contributed by atoms with Crippen LogP contribution in [-0.2, 0) is 30.4 Å². The second-order valence-electron chi connectivity index (χ2n) is 7.23. The maximum Gasteiger partial charge on any atom is 0.339 e. The monoisotopic (exact) mass is 457 g/mol. The Labute approximate surface area is 181 Å². The SMILES string of the molecule is C[C@]1(CN(S(=O)(=O)c2ccccc2)S(=O)(=O)c2ccccc2)OC(=O)c2ccccc21. The van der Waals surface area contributed by atoms with E-state index in [2.05, 4.69) is 0 Å². The molecule has 0 N–H and O–H groups in total. The Kier molecular flexibility index (Phi) is 5.20. The van der Waals surface area contributed by atoms with Crippen LogP contribution in [0, 0.1) is 0 Å². The Morgan fingerprint density at radius 2 is 1.19 bits per heavy atom. The van der Waals surface area contributed by atoms with Crippen molar-refractivity contribution >= 4 is 26.0 Å². The van der Waals surface area contributed by atoms with Crippen LogP contribution in [0.2, 0.25) is 0 Å². The Morgan fingerprint density at radius 1 is 0.742 bits per heavy atom. The molecule has 0 spiro atoms. The predicted octanol–water partition coefficient (Wildman–Crippen LogP) is 3.15. The maximum atomic E-state index is 13.5. The molecule has 7 nitrogen and oxygen atoms in total. The molecule has 9 heteroatoms. The molecule has 1 aliphatic heterocycles. The zero-order valence-electron chi connectivity index (χ0n) is 16.5. The van der Waals surface area contributed by atoms with E-state index >= 15 is 0 Å². The summed E-state index contributed by atoms with van der Waals surface area (Å²) in [7, 11) is -9.00. The molecule has 4 rings (SSSR count). The van der Waals surface area contributed by atoms with Gasteiger partial charge in [-0.05, 0) is 37.3 Å². The minimum atomic E-state index is -4.50. The highest BCUT2D eigenvalue weighted by Gasteiger charge is 2.48. The zero-order valence-corrected chi connectivity index (χ0v) is 18.1. The van der Waals surface area contributed by atoms with Crippen molar-refractivity contribution in [2.45, 2.75) is 22.3 Å². The molecular formula is C22H19NO6S2. The van der Waals surface area contributed by atoms with Crippen LogP contribution >= 0.6 is 0 Å². The number of rotatable bonds is 6. The third kappa shape index (κ3) is 3.65. The van der Waals surface area contributed by atoms with Gasteiger partial charge in [-0.1, -0.05) is 58.3 Å². The van der Waals surface area contributed by atoms with Gasteiger partial charge in [-0.2, -0.15) is 0 Å². The number of hydrogen-bond donors (Lipinski definition) is 0. The molecule has 0 unspecified atom stereocenters. The average molecular weight is 458 g/mol. The van der Waals surface area contributed by atoms with Crippen LogP contribution in [0.3, 0.4) is 0 Å². The number of carbonyl (C=O) groups is 1. The smallest absolute Gasteiger partial charge is 0.339 e. The van der Waals surface area contributed by atoms with Crippen molar-refractivity contribution in [2.24, 2.45) is 0 Å². The summed E-state index contributed by atoms with van der Waals surface area (Å²) < 4.78 is 59.8. The topological polar surface area (TPSA) is 97.8 Å². The Bertz CT molecular complexity index is 1270. The first kappa shape index (κ1) is 21.2. The molecule has 0 saturated carbocycles. The molecule has 1 heterocycles. The largest absolute Gasteiger partial charge is 0.449 e. The van der Waals surface area contributed by atoms with Crippen LogP contribution < -0.4 is 0 Å². The summed E-state index contributed by atoms with van der Waals surface area (Å²) >= 11 is 0. The van der Waals surface area contributed by atoms with Crippen molar-refractivity contribution < 1.29 is 26.4 Å². The molecule has 0 bridgehead atoms. The highest BCUT2D eigenvalue weighted by molar-refractivity contribution is 8.04. The molecule has 0 aromatic heterocycles. The summed E-state index contributed by atoms with van der Waals surface area (Å²) in [6.45, 7) is 0.898. The third-order valence-corrected chi connectivity index (χ3v) is 9.33. The number of sulfonamides is 2. The Balaban J connectivity index is 1.88. The molecule has 0 amide bonds. The van der Waals surface area contributed by atoms with Gasteiger partial charge in [0.05, 0.1) is 21.9 Å². The Morgan fingerprint density at radius 3 is 1.71 bits per heavy atom. The first-order valence-corrected chi connectivity index (χ1v) is 12.3. The van der Waals surface area contributed by atoms with E-state index in [0.717, 1.165) is 0 Å². The molecule has 31 heavy (non-hydrogen) atoms. The van der Waals surface area contributed by atoms with Crippen molar-refractivity contribution in [1.82, 2.24) is 3.71 Å². The van der Waals surface area contributed by atoms with Crippen molar-refractivity contribution in [3.05, 3.63) is 96.1 Å². The normalized spacial score (nSPS) is 18.6. The van der Waals surface area contributed by atoms with E-state index in [1.54, 1.807) is 36.4 Å². The van der Waals surface area contributed by atoms with E-state index in [1.165, 1.54) is 55.5 Å². The van der Waals surface area contributed by atoms with Crippen LogP contribution in [-0.4, -0.2) is 33.1 Å². The van der Waals surface area contributed by atoms with Crippen LogP contribution in [0.25, 0.3) is 0 Å². The number of benzene rings is 3. The summed E-state index contributed by atoms with van der Waals surface area (Å²) in [5.41, 5.74) is -0.784. The number of nitrogens with zero attached hydrogens (tertiary/aromatic N) is 1. The molecule has 0 radical (unpaired) electrons. The molecule has 0 fully saturated rings. The van der Waals surface area contributed by atoms with E-state index in [0.29, 0.717) is 9.27 Å². The van der Waals surface area contributed by atoms with Crippen molar-refractivity contribution in [2.75, 3.05) is 6.54 Å². The highest BCUT2D eigenvalue weighted by atomic mass is 32.3. The van der Waals surface area contributed by atoms with Crippen LogP contribution in [0.5, 0.6) is 0 Å². The molecular weight excluding hydrogens is 438 g/mol.